The Labute approximate surface area is 122 Å². The van der Waals surface area contributed by atoms with Gasteiger partial charge in [-0.15, -0.1) is 0 Å². The Morgan fingerprint density at radius 2 is 1.95 bits per heavy atom. The fourth-order valence-corrected chi connectivity index (χ4v) is 3.75. The first kappa shape index (κ1) is 14.3. The highest BCUT2D eigenvalue weighted by molar-refractivity contribution is 5.91. The van der Waals surface area contributed by atoms with E-state index in [2.05, 4.69) is 36.0 Å². The summed E-state index contributed by atoms with van der Waals surface area (Å²) >= 11 is 0. The second-order valence-corrected chi connectivity index (χ2v) is 7.45. The number of likely N-dealkylation sites (tertiary alicyclic amines) is 1. The van der Waals surface area contributed by atoms with Crippen molar-refractivity contribution in [1.29, 1.82) is 0 Å². The summed E-state index contributed by atoms with van der Waals surface area (Å²) in [4.78, 5) is 17.1. The lowest BCUT2D eigenvalue weighted by molar-refractivity contribution is -0.131. The lowest BCUT2D eigenvalue weighted by Gasteiger charge is -2.32. The van der Waals surface area contributed by atoms with Crippen LogP contribution in [0.25, 0.3) is 0 Å². The monoisotopic (exact) mass is 279 g/mol. The van der Waals surface area contributed by atoms with Gasteiger partial charge in [0.25, 0.3) is 0 Å². The molecular weight excluding hydrogens is 250 g/mol. The fraction of sp³-hybridized carbons (Fsp3) is 0.938. The predicted octanol–water partition coefficient (Wildman–Crippen LogP) is 1.66. The maximum Gasteiger partial charge on any atom is 0.244 e. The number of carbonyl (C=O) groups is 1. The number of amides is 1. The molecule has 0 aromatic heterocycles. The molecule has 114 valence electrons. The van der Waals surface area contributed by atoms with Gasteiger partial charge in [-0.3, -0.25) is 10.1 Å². The Bertz CT molecular complexity index is 370. The van der Waals surface area contributed by atoms with Crippen molar-refractivity contribution in [2.24, 2.45) is 11.8 Å². The van der Waals surface area contributed by atoms with Crippen LogP contribution in [0.2, 0.25) is 0 Å². The molecule has 0 aromatic carbocycles. The van der Waals surface area contributed by atoms with Gasteiger partial charge in [-0.2, -0.15) is 0 Å². The molecular formula is C16H29N3O. The van der Waals surface area contributed by atoms with E-state index in [-0.39, 0.29) is 11.7 Å². The third-order valence-electron chi connectivity index (χ3n) is 5.43. The van der Waals surface area contributed by atoms with Crippen LogP contribution in [0.15, 0.2) is 0 Å². The molecule has 4 heteroatoms. The van der Waals surface area contributed by atoms with Crippen LogP contribution in [-0.2, 0) is 4.79 Å². The Balaban J connectivity index is 1.56. The molecule has 3 rings (SSSR count). The molecule has 4 nitrogen and oxygen atoms in total. The van der Waals surface area contributed by atoms with Crippen LogP contribution in [0.5, 0.6) is 0 Å². The van der Waals surface area contributed by atoms with Crippen LogP contribution >= 0.6 is 0 Å². The summed E-state index contributed by atoms with van der Waals surface area (Å²) in [6, 6.07) is 0. The van der Waals surface area contributed by atoms with Crippen LogP contribution in [-0.4, -0.2) is 54.1 Å². The number of nitrogens with one attached hydrogen (secondary N) is 1. The summed E-state index contributed by atoms with van der Waals surface area (Å²) in [7, 11) is 2.20. The molecule has 0 aromatic rings. The maximum absolute atomic E-state index is 12.6. The van der Waals surface area contributed by atoms with E-state index >= 15 is 0 Å². The third-order valence-corrected chi connectivity index (χ3v) is 5.43. The van der Waals surface area contributed by atoms with Gasteiger partial charge in [0, 0.05) is 6.54 Å². The van der Waals surface area contributed by atoms with Crippen molar-refractivity contribution >= 4 is 5.91 Å². The van der Waals surface area contributed by atoms with E-state index in [9.17, 15) is 4.79 Å². The normalized spacial score (nSPS) is 30.7. The summed E-state index contributed by atoms with van der Waals surface area (Å²) in [5.74, 6) is 1.68. The third kappa shape index (κ3) is 2.60. The number of piperidine rings is 1. The largest absolute Gasteiger partial charge is 0.325 e. The molecule has 1 amide bonds. The molecule has 20 heavy (non-hydrogen) atoms. The fourth-order valence-electron chi connectivity index (χ4n) is 3.75. The quantitative estimate of drug-likeness (QED) is 0.850. The molecule has 2 aliphatic heterocycles. The number of rotatable bonds is 4. The summed E-state index contributed by atoms with van der Waals surface area (Å²) in [6.07, 6.45) is 6.11. The molecule has 1 spiro atoms. The first-order valence-corrected chi connectivity index (χ1v) is 8.29. The zero-order valence-corrected chi connectivity index (χ0v) is 13.2. The standard InChI is InChI=1S/C16H29N3O/c1-12(2)14-17-16(7-8-16)15(20)19(14)11-6-13-4-9-18(3)10-5-13/h12-14,17H,4-11H2,1-3H3. The van der Waals surface area contributed by atoms with E-state index in [0.29, 0.717) is 11.8 Å². The molecule has 0 radical (unpaired) electrons. The van der Waals surface area contributed by atoms with E-state index in [1.165, 1.54) is 32.4 Å². The van der Waals surface area contributed by atoms with E-state index in [4.69, 9.17) is 0 Å². The lowest BCUT2D eigenvalue weighted by Crippen LogP contribution is -2.42. The van der Waals surface area contributed by atoms with Crippen molar-refractivity contribution in [3.05, 3.63) is 0 Å². The van der Waals surface area contributed by atoms with Gasteiger partial charge in [-0.05, 0) is 64.1 Å². The molecule has 1 atom stereocenters. The van der Waals surface area contributed by atoms with E-state index < -0.39 is 0 Å². The first-order chi connectivity index (χ1) is 9.52. The topological polar surface area (TPSA) is 35.6 Å². The lowest BCUT2D eigenvalue weighted by atomic mass is 9.93. The highest BCUT2D eigenvalue weighted by atomic mass is 16.2. The smallest absolute Gasteiger partial charge is 0.244 e. The summed E-state index contributed by atoms with van der Waals surface area (Å²) in [5, 5.41) is 3.60. The SMILES string of the molecule is CC(C)C1NC2(CC2)C(=O)N1CCC1CCN(C)CC1. The minimum Gasteiger partial charge on any atom is -0.325 e. The Kier molecular flexibility index (Phi) is 3.80. The van der Waals surface area contributed by atoms with Crippen molar-refractivity contribution in [3.63, 3.8) is 0 Å². The second kappa shape index (κ2) is 5.30. The van der Waals surface area contributed by atoms with Gasteiger partial charge in [0.1, 0.15) is 0 Å². The summed E-state index contributed by atoms with van der Waals surface area (Å²) in [5.41, 5.74) is -0.151. The predicted molar refractivity (Wildman–Crippen MR) is 80.3 cm³/mol. The first-order valence-electron chi connectivity index (χ1n) is 8.29. The van der Waals surface area contributed by atoms with Gasteiger partial charge in [0.15, 0.2) is 0 Å². The van der Waals surface area contributed by atoms with E-state index in [0.717, 1.165) is 25.3 Å². The van der Waals surface area contributed by atoms with Gasteiger partial charge in [-0.25, -0.2) is 0 Å². The van der Waals surface area contributed by atoms with Crippen LogP contribution in [0.1, 0.15) is 46.0 Å². The van der Waals surface area contributed by atoms with Gasteiger partial charge in [0.2, 0.25) is 5.91 Å². The number of hydrogen-bond donors (Lipinski definition) is 1. The van der Waals surface area contributed by atoms with Gasteiger partial charge >= 0.3 is 0 Å². The van der Waals surface area contributed by atoms with Crippen molar-refractivity contribution in [2.75, 3.05) is 26.7 Å². The highest BCUT2D eigenvalue weighted by Gasteiger charge is 2.59. The molecule has 3 aliphatic rings. The van der Waals surface area contributed by atoms with Crippen molar-refractivity contribution in [2.45, 2.75) is 57.7 Å². The minimum absolute atomic E-state index is 0.151. The minimum atomic E-state index is -0.151. The number of carbonyl (C=O) groups excluding carboxylic acids is 1. The average Bonchev–Trinajstić information content (AvgIpc) is 3.14. The van der Waals surface area contributed by atoms with Gasteiger partial charge in [0.05, 0.1) is 11.7 Å². The molecule has 1 aliphatic carbocycles. The summed E-state index contributed by atoms with van der Waals surface area (Å²) in [6.45, 7) is 7.82. The van der Waals surface area contributed by atoms with Crippen LogP contribution < -0.4 is 5.32 Å². The maximum atomic E-state index is 12.6. The van der Waals surface area contributed by atoms with Crippen LogP contribution in [0.4, 0.5) is 0 Å². The van der Waals surface area contributed by atoms with E-state index in [1.807, 2.05) is 0 Å². The molecule has 1 unspecified atom stereocenters. The van der Waals surface area contributed by atoms with Crippen LogP contribution in [0, 0.1) is 11.8 Å². The Morgan fingerprint density at radius 3 is 2.50 bits per heavy atom. The average molecular weight is 279 g/mol. The van der Waals surface area contributed by atoms with Crippen molar-refractivity contribution < 1.29 is 4.79 Å². The molecule has 1 saturated carbocycles. The summed E-state index contributed by atoms with van der Waals surface area (Å²) < 4.78 is 0. The molecule has 2 saturated heterocycles. The Hall–Kier alpha value is -0.610. The highest BCUT2D eigenvalue weighted by Crippen LogP contribution is 2.43. The van der Waals surface area contributed by atoms with Crippen LogP contribution in [0.3, 0.4) is 0 Å². The van der Waals surface area contributed by atoms with E-state index in [1.54, 1.807) is 0 Å². The van der Waals surface area contributed by atoms with Gasteiger partial charge in [-0.1, -0.05) is 13.8 Å². The molecule has 3 fully saturated rings. The number of hydrogen-bond acceptors (Lipinski definition) is 3. The number of nitrogens with zero attached hydrogens (tertiary/aromatic N) is 2. The molecule has 1 N–H and O–H groups in total. The van der Waals surface area contributed by atoms with Gasteiger partial charge < -0.3 is 9.80 Å². The Morgan fingerprint density at radius 1 is 1.30 bits per heavy atom. The molecule has 0 bridgehead atoms. The molecule has 2 heterocycles. The van der Waals surface area contributed by atoms with Crippen molar-refractivity contribution in [3.8, 4) is 0 Å². The zero-order valence-electron chi connectivity index (χ0n) is 13.2. The second-order valence-electron chi connectivity index (χ2n) is 7.45. The zero-order chi connectivity index (χ0) is 14.3. The van der Waals surface area contributed by atoms with Crippen molar-refractivity contribution in [1.82, 2.24) is 15.1 Å².